The molecule has 27 heavy (non-hydrogen) atoms. The minimum Gasteiger partial charge on any atom is -0.481 e. The molecule has 0 spiro atoms. The first kappa shape index (κ1) is 18.7. The van der Waals surface area contributed by atoms with Gasteiger partial charge in [0.15, 0.2) is 5.84 Å². The molecular formula is C21H22N2O4. The number of carboxylic acid groups (broad SMARTS) is 1. The van der Waals surface area contributed by atoms with Gasteiger partial charge in [-0.1, -0.05) is 59.8 Å². The van der Waals surface area contributed by atoms with Crippen LogP contribution in [0, 0.1) is 0 Å². The van der Waals surface area contributed by atoms with Gasteiger partial charge in [0.05, 0.1) is 12.0 Å². The van der Waals surface area contributed by atoms with E-state index in [-0.39, 0.29) is 12.3 Å². The molecule has 1 unspecified atom stereocenters. The van der Waals surface area contributed by atoms with E-state index >= 15 is 0 Å². The summed E-state index contributed by atoms with van der Waals surface area (Å²) in [6, 6.07) is 15.5. The average Bonchev–Trinajstić information content (AvgIpc) is 2.67. The summed E-state index contributed by atoms with van der Waals surface area (Å²) in [4.78, 5) is 10.9. The SMILES string of the molecule is N/C(=N\O)c1ccc(-c2ccc(C3=CCC(O)(CC(=O)O)CC3)cc2)cc1. The number of aliphatic carboxylic acids is 1. The molecular weight excluding hydrogens is 344 g/mol. The molecule has 0 aliphatic heterocycles. The average molecular weight is 366 g/mol. The number of amidine groups is 1. The molecule has 6 nitrogen and oxygen atoms in total. The summed E-state index contributed by atoms with van der Waals surface area (Å²) in [7, 11) is 0. The summed E-state index contributed by atoms with van der Waals surface area (Å²) in [5, 5.41) is 30.9. The Labute approximate surface area is 157 Å². The highest BCUT2D eigenvalue weighted by molar-refractivity contribution is 5.97. The molecule has 1 atom stereocenters. The van der Waals surface area contributed by atoms with Crippen molar-refractivity contribution in [1.29, 1.82) is 0 Å². The Balaban J connectivity index is 1.73. The Bertz CT molecular complexity index is 885. The van der Waals surface area contributed by atoms with Crippen molar-refractivity contribution in [2.45, 2.75) is 31.3 Å². The number of aliphatic hydroxyl groups is 1. The van der Waals surface area contributed by atoms with Gasteiger partial charge in [0.1, 0.15) is 0 Å². The van der Waals surface area contributed by atoms with Crippen molar-refractivity contribution in [2.24, 2.45) is 10.9 Å². The van der Waals surface area contributed by atoms with Crippen LogP contribution in [0.2, 0.25) is 0 Å². The topological polar surface area (TPSA) is 116 Å². The van der Waals surface area contributed by atoms with Crippen molar-refractivity contribution in [1.82, 2.24) is 0 Å². The number of rotatable bonds is 5. The van der Waals surface area contributed by atoms with Crippen molar-refractivity contribution in [2.75, 3.05) is 0 Å². The third-order valence-corrected chi connectivity index (χ3v) is 4.95. The maximum atomic E-state index is 10.9. The lowest BCUT2D eigenvalue weighted by molar-refractivity contribution is -0.142. The van der Waals surface area contributed by atoms with E-state index < -0.39 is 11.6 Å². The summed E-state index contributed by atoms with van der Waals surface area (Å²) < 4.78 is 0. The van der Waals surface area contributed by atoms with E-state index in [4.69, 9.17) is 16.0 Å². The van der Waals surface area contributed by atoms with Gasteiger partial charge in [-0.2, -0.15) is 0 Å². The van der Waals surface area contributed by atoms with E-state index in [1.165, 1.54) is 0 Å². The van der Waals surface area contributed by atoms with Crippen molar-refractivity contribution in [3.8, 4) is 11.1 Å². The number of hydrogen-bond acceptors (Lipinski definition) is 4. The summed E-state index contributed by atoms with van der Waals surface area (Å²) in [6.07, 6.45) is 3.16. The largest absolute Gasteiger partial charge is 0.481 e. The van der Waals surface area contributed by atoms with E-state index in [1.807, 2.05) is 42.5 Å². The molecule has 0 radical (unpaired) electrons. The second-order valence-electron chi connectivity index (χ2n) is 6.87. The van der Waals surface area contributed by atoms with Crippen LogP contribution in [0.4, 0.5) is 0 Å². The lowest BCUT2D eigenvalue weighted by atomic mass is 9.81. The Morgan fingerprint density at radius 1 is 1.04 bits per heavy atom. The van der Waals surface area contributed by atoms with Gasteiger partial charge in [-0.05, 0) is 41.5 Å². The zero-order valence-electron chi connectivity index (χ0n) is 14.8. The fourth-order valence-electron chi connectivity index (χ4n) is 3.36. The van der Waals surface area contributed by atoms with Crippen molar-refractivity contribution in [3.05, 3.63) is 65.7 Å². The number of hydrogen-bond donors (Lipinski definition) is 4. The van der Waals surface area contributed by atoms with E-state index in [1.54, 1.807) is 12.1 Å². The monoisotopic (exact) mass is 366 g/mol. The standard InChI is InChI=1S/C21H22N2O4/c22-20(23-27)18-7-5-15(6-8-18)14-1-3-16(4-2-14)17-9-11-21(26,12-10-17)13-19(24)25/h1-9,26-27H,10-13H2,(H2,22,23)(H,24,25). The number of benzene rings is 2. The van der Waals surface area contributed by atoms with Crippen LogP contribution in [0.25, 0.3) is 16.7 Å². The third kappa shape index (κ3) is 4.35. The van der Waals surface area contributed by atoms with Crippen LogP contribution in [-0.2, 0) is 4.79 Å². The molecule has 5 N–H and O–H groups in total. The van der Waals surface area contributed by atoms with E-state index in [9.17, 15) is 9.90 Å². The molecule has 0 saturated heterocycles. The Kier molecular flexibility index (Phi) is 5.28. The molecule has 0 fully saturated rings. The fourth-order valence-corrected chi connectivity index (χ4v) is 3.36. The summed E-state index contributed by atoms with van der Waals surface area (Å²) in [5.74, 6) is -0.902. The Hall–Kier alpha value is -3.12. The predicted molar refractivity (Wildman–Crippen MR) is 103 cm³/mol. The second-order valence-corrected chi connectivity index (χ2v) is 6.87. The van der Waals surface area contributed by atoms with Crippen LogP contribution in [0.15, 0.2) is 59.8 Å². The number of nitrogens with zero attached hydrogens (tertiary/aromatic N) is 1. The quantitative estimate of drug-likeness (QED) is 0.281. The molecule has 0 aromatic heterocycles. The van der Waals surface area contributed by atoms with Crippen molar-refractivity contribution >= 4 is 17.4 Å². The zero-order valence-corrected chi connectivity index (χ0v) is 14.8. The van der Waals surface area contributed by atoms with E-state index in [0.29, 0.717) is 24.8 Å². The Morgan fingerprint density at radius 3 is 2.07 bits per heavy atom. The predicted octanol–water partition coefficient (Wildman–Crippen LogP) is 3.22. The number of nitrogens with two attached hydrogens (primary N) is 1. The van der Waals surface area contributed by atoms with Crippen LogP contribution in [-0.4, -0.2) is 32.8 Å². The first-order valence-corrected chi connectivity index (χ1v) is 8.72. The van der Waals surface area contributed by atoms with Gasteiger partial charge in [-0.25, -0.2) is 0 Å². The van der Waals surface area contributed by atoms with Gasteiger partial charge < -0.3 is 21.2 Å². The van der Waals surface area contributed by atoms with Gasteiger partial charge in [-0.15, -0.1) is 0 Å². The van der Waals surface area contributed by atoms with Gasteiger partial charge in [0, 0.05) is 5.56 Å². The molecule has 6 heteroatoms. The molecule has 1 aliphatic carbocycles. The molecule has 3 rings (SSSR count). The maximum absolute atomic E-state index is 10.9. The highest BCUT2D eigenvalue weighted by atomic mass is 16.4. The lowest BCUT2D eigenvalue weighted by Crippen LogP contribution is -2.33. The number of allylic oxidation sites excluding steroid dienone is 1. The van der Waals surface area contributed by atoms with Crippen LogP contribution in [0.1, 0.15) is 36.8 Å². The Morgan fingerprint density at radius 2 is 1.59 bits per heavy atom. The maximum Gasteiger partial charge on any atom is 0.306 e. The minimum absolute atomic E-state index is 0.0731. The zero-order chi connectivity index (χ0) is 19.4. The summed E-state index contributed by atoms with van der Waals surface area (Å²) in [6.45, 7) is 0. The lowest BCUT2D eigenvalue weighted by Gasteiger charge is -2.30. The van der Waals surface area contributed by atoms with Crippen LogP contribution >= 0.6 is 0 Å². The van der Waals surface area contributed by atoms with E-state index in [0.717, 1.165) is 22.3 Å². The van der Waals surface area contributed by atoms with Crippen LogP contribution in [0.3, 0.4) is 0 Å². The van der Waals surface area contributed by atoms with Gasteiger partial charge in [0.2, 0.25) is 0 Å². The number of carbonyl (C=O) groups is 1. The number of carboxylic acids is 1. The number of oxime groups is 1. The molecule has 1 aliphatic rings. The third-order valence-electron chi connectivity index (χ3n) is 4.95. The smallest absolute Gasteiger partial charge is 0.306 e. The highest BCUT2D eigenvalue weighted by Gasteiger charge is 2.31. The molecule has 0 bridgehead atoms. The molecule has 2 aromatic rings. The first-order chi connectivity index (χ1) is 12.9. The van der Waals surface area contributed by atoms with Crippen molar-refractivity contribution < 1.29 is 20.2 Å². The minimum atomic E-state index is -1.14. The van der Waals surface area contributed by atoms with Crippen LogP contribution < -0.4 is 5.73 Å². The molecule has 0 heterocycles. The normalized spacial score (nSPS) is 20.2. The summed E-state index contributed by atoms with van der Waals surface area (Å²) >= 11 is 0. The molecule has 0 saturated carbocycles. The van der Waals surface area contributed by atoms with Crippen molar-refractivity contribution in [3.63, 3.8) is 0 Å². The molecule has 2 aromatic carbocycles. The van der Waals surface area contributed by atoms with E-state index in [2.05, 4.69) is 5.16 Å². The first-order valence-electron chi connectivity index (χ1n) is 8.72. The highest BCUT2D eigenvalue weighted by Crippen LogP contribution is 2.35. The second kappa shape index (κ2) is 7.63. The van der Waals surface area contributed by atoms with Gasteiger partial charge >= 0.3 is 5.97 Å². The van der Waals surface area contributed by atoms with Crippen LogP contribution in [0.5, 0.6) is 0 Å². The molecule has 140 valence electrons. The van der Waals surface area contributed by atoms with Gasteiger partial charge in [-0.3, -0.25) is 4.79 Å². The summed E-state index contributed by atoms with van der Waals surface area (Å²) in [5.41, 5.74) is 9.34. The van der Waals surface area contributed by atoms with Gasteiger partial charge in [0.25, 0.3) is 0 Å². The fraction of sp³-hybridized carbons (Fsp3) is 0.238. The molecule has 0 amide bonds.